The molecule has 4 nitrogen and oxygen atoms in total. The molecule has 0 unspecified atom stereocenters. The minimum absolute atomic E-state index is 0.0105. The Bertz CT molecular complexity index is 826. The third kappa shape index (κ3) is 5.12. The highest BCUT2D eigenvalue weighted by Crippen LogP contribution is 2.22. The van der Waals surface area contributed by atoms with Crippen LogP contribution in [0.5, 0.6) is 0 Å². The number of rotatable bonds is 5. The molecule has 27 heavy (non-hydrogen) atoms. The lowest BCUT2D eigenvalue weighted by molar-refractivity contribution is -0.142. The summed E-state index contributed by atoms with van der Waals surface area (Å²) >= 11 is 0. The Balaban J connectivity index is 2.19. The molecular formula is C21H23F2NO3. The van der Waals surface area contributed by atoms with Gasteiger partial charge in [0.2, 0.25) is 0 Å². The number of carbonyl (C=O) groups excluding carboxylic acids is 2. The highest BCUT2D eigenvalue weighted by atomic mass is 19.2. The van der Waals surface area contributed by atoms with E-state index in [1.54, 1.807) is 0 Å². The normalized spacial score (nSPS) is 12.4. The minimum atomic E-state index is -1.26. The second kappa shape index (κ2) is 8.29. The highest BCUT2D eigenvalue weighted by Gasteiger charge is 2.25. The number of methoxy groups -OCH3 is 1. The van der Waals surface area contributed by atoms with Gasteiger partial charge in [-0.3, -0.25) is 4.79 Å². The summed E-state index contributed by atoms with van der Waals surface area (Å²) < 4.78 is 31.9. The van der Waals surface area contributed by atoms with Crippen LogP contribution in [0.4, 0.5) is 8.78 Å². The Morgan fingerprint density at radius 2 is 1.70 bits per heavy atom. The fourth-order valence-corrected chi connectivity index (χ4v) is 2.63. The Morgan fingerprint density at radius 1 is 1.07 bits per heavy atom. The molecule has 0 aliphatic rings. The summed E-state index contributed by atoms with van der Waals surface area (Å²) in [7, 11) is 1.20. The van der Waals surface area contributed by atoms with Gasteiger partial charge in [-0.2, -0.15) is 0 Å². The Labute approximate surface area is 157 Å². The minimum Gasteiger partial charge on any atom is -0.467 e. The summed E-state index contributed by atoms with van der Waals surface area (Å²) in [5.74, 6) is -3.93. The molecule has 1 N–H and O–H groups in total. The van der Waals surface area contributed by atoms with Crippen molar-refractivity contribution in [2.75, 3.05) is 7.11 Å². The van der Waals surface area contributed by atoms with E-state index in [2.05, 4.69) is 26.1 Å². The average Bonchev–Trinajstić information content (AvgIpc) is 2.62. The smallest absolute Gasteiger partial charge is 0.328 e. The van der Waals surface area contributed by atoms with Crippen LogP contribution in [0.1, 0.15) is 42.3 Å². The van der Waals surface area contributed by atoms with Crippen molar-refractivity contribution in [2.24, 2.45) is 0 Å². The summed E-state index contributed by atoms with van der Waals surface area (Å²) in [6.45, 7) is 6.27. The van der Waals surface area contributed by atoms with Crippen LogP contribution in [0.2, 0.25) is 0 Å². The zero-order valence-corrected chi connectivity index (χ0v) is 15.8. The van der Waals surface area contributed by atoms with E-state index in [4.69, 9.17) is 4.74 Å². The van der Waals surface area contributed by atoms with Crippen LogP contribution in [0.3, 0.4) is 0 Å². The standard InChI is InChI=1S/C21H23F2NO3/c1-21(2,3)14-10-8-13(9-11-14)12-17(20(26)27-4)24-19(25)15-6-5-7-16(22)18(15)23/h5-11,17H,12H2,1-4H3,(H,24,25)/t17-/m0/s1. The Morgan fingerprint density at radius 3 is 2.26 bits per heavy atom. The molecule has 0 saturated heterocycles. The number of benzene rings is 2. The van der Waals surface area contributed by atoms with Gasteiger partial charge in [0.05, 0.1) is 12.7 Å². The van der Waals surface area contributed by atoms with Gasteiger partial charge in [-0.15, -0.1) is 0 Å². The maximum atomic E-state index is 13.8. The predicted molar refractivity (Wildman–Crippen MR) is 98.5 cm³/mol. The lowest BCUT2D eigenvalue weighted by atomic mass is 9.86. The van der Waals surface area contributed by atoms with E-state index in [9.17, 15) is 18.4 Å². The van der Waals surface area contributed by atoms with E-state index in [-0.39, 0.29) is 11.8 Å². The van der Waals surface area contributed by atoms with Crippen molar-refractivity contribution >= 4 is 11.9 Å². The molecule has 144 valence electrons. The van der Waals surface area contributed by atoms with Crippen molar-refractivity contribution in [1.82, 2.24) is 5.32 Å². The zero-order valence-electron chi connectivity index (χ0n) is 15.8. The summed E-state index contributed by atoms with van der Waals surface area (Å²) in [4.78, 5) is 24.4. The van der Waals surface area contributed by atoms with Gasteiger partial charge < -0.3 is 10.1 Å². The monoisotopic (exact) mass is 375 g/mol. The molecule has 0 fully saturated rings. The van der Waals surface area contributed by atoms with Crippen molar-refractivity contribution in [2.45, 2.75) is 38.6 Å². The lowest BCUT2D eigenvalue weighted by Gasteiger charge is -2.20. The van der Waals surface area contributed by atoms with Crippen molar-refractivity contribution in [1.29, 1.82) is 0 Å². The quantitative estimate of drug-likeness (QED) is 0.810. The largest absolute Gasteiger partial charge is 0.467 e. The van der Waals surface area contributed by atoms with Crippen LogP contribution in [0.15, 0.2) is 42.5 Å². The number of amides is 1. The molecular weight excluding hydrogens is 352 g/mol. The molecule has 2 aromatic rings. The van der Waals surface area contributed by atoms with Crippen molar-refractivity contribution in [3.05, 3.63) is 70.8 Å². The maximum absolute atomic E-state index is 13.8. The fourth-order valence-electron chi connectivity index (χ4n) is 2.63. The zero-order chi connectivity index (χ0) is 20.2. The van der Waals surface area contributed by atoms with Gasteiger partial charge in [-0.25, -0.2) is 13.6 Å². The maximum Gasteiger partial charge on any atom is 0.328 e. The van der Waals surface area contributed by atoms with Crippen LogP contribution < -0.4 is 5.32 Å². The number of halogens is 2. The van der Waals surface area contributed by atoms with Crippen LogP contribution in [-0.4, -0.2) is 25.0 Å². The van der Waals surface area contributed by atoms with E-state index in [1.165, 1.54) is 13.2 Å². The third-order valence-electron chi connectivity index (χ3n) is 4.25. The Hall–Kier alpha value is -2.76. The van der Waals surface area contributed by atoms with Gasteiger partial charge in [0, 0.05) is 6.42 Å². The van der Waals surface area contributed by atoms with Crippen molar-refractivity contribution in [3.8, 4) is 0 Å². The summed E-state index contributed by atoms with van der Waals surface area (Å²) in [5.41, 5.74) is 1.46. The van der Waals surface area contributed by atoms with E-state index in [0.29, 0.717) is 0 Å². The van der Waals surface area contributed by atoms with E-state index < -0.39 is 35.1 Å². The van der Waals surface area contributed by atoms with Gasteiger partial charge in [-0.05, 0) is 28.7 Å². The SMILES string of the molecule is COC(=O)[C@H](Cc1ccc(C(C)(C)C)cc1)NC(=O)c1cccc(F)c1F. The van der Waals surface area contributed by atoms with Gasteiger partial charge in [-0.1, -0.05) is 51.1 Å². The second-order valence-electron chi connectivity index (χ2n) is 7.30. The molecule has 0 aliphatic carbocycles. The Kier molecular flexibility index (Phi) is 6.31. The first kappa shape index (κ1) is 20.6. The molecule has 0 spiro atoms. The molecule has 1 amide bonds. The second-order valence-corrected chi connectivity index (χ2v) is 7.30. The van der Waals surface area contributed by atoms with E-state index >= 15 is 0 Å². The summed E-state index contributed by atoms with van der Waals surface area (Å²) in [6, 6.07) is 9.92. The fraction of sp³-hybridized carbons (Fsp3) is 0.333. The molecule has 2 rings (SSSR count). The number of hydrogen-bond acceptors (Lipinski definition) is 3. The summed E-state index contributed by atoms with van der Waals surface area (Å²) in [5, 5.41) is 2.43. The van der Waals surface area contributed by atoms with Gasteiger partial charge in [0.15, 0.2) is 11.6 Å². The van der Waals surface area contributed by atoms with Crippen molar-refractivity contribution < 1.29 is 23.1 Å². The predicted octanol–water partition coefficient (Wildman–Crippen LogP) is 3.78. The molecule has 6 heteroatoms. The van der Waals surface area contributed by atoms with Crippen molar-refractivity contribution in [3.63, 3.8) is 0 Å². The molecule has 0 radical (unpaired) electrons. The summed E-state index contributed by atoms with van der Waals surface area (Å²) in [6.07, 6.45) is 0.166. The van der Waals surface area contributed by atoms with Gasteiger partial charge in [0.1, 0.15) is 6.04 Å². The average molecular weight is 375 g/mol. The number of carbonyl (C=O) groups is 2. The van der Waals surface area contributed by atoms with E-state index in [1.807, 2.05) is 24.3 Å². The lowest BCUT2D eigenvalue weighted by Crippen LogP contribution is -2.43. The highest BCUT2D eigenvalue weighted by molar-refractivity contribution is 5.97. The molecule has 0 aliphatic heterocycles. The molecule has 1 atom stereocenters. The molecule has 2 aromatic carbocycles. The van der Waals surface area contributed by atoms with Gasteiger partial charge in [0.25, 0.3) is 5.91 Å². The molecule has 0 saturated carbocycles. The first-order chi connectivity index (χ1) is 12.6. The molecule has 0 bridgehead atoms. The van der Waals surface area contributed by atoms with Crippen LogP contribution in [-0.2, 0) is 21.4 Å². The number of ether oxygens (including phenoxy) is 1. The first-order valence-corrected chi connectivity index (χ1v) is 8.55. The van der Waals surface area contributed by atoms with Crippen LogP contribution in [0.25, 0.3) is 0 Å². The topological polar surface area (TPSA) is 55.4 Å². The molecule has 0 aromatic heterocycles. The number of esters is 1. The third-order valence-corrected chi connectivity index (χ3v) is 4.25. The van der Waals surface area contributed by atoms with Crippen LogP contribution in [0, 0.1) is 11.6 Å². The van der Waals surface area contributed by atoms with E-state index in [0.717, 1.165) is 23.3 Å². The molecule has 0 heterocycles. The first-order valence-electron chi connectivity index (χ1n) is 8.55. The number of nitrogens with one attached hydrogen (secondary N) is 1. The van der Waals surface area contributed by atoms with Crippen LogP contribution >= 0.6 is 0 Å². The van der Waals surface area contributed by atoms with Gasteiger partial charge >= 0.3 is 5.97 Å². The number of hydrogen-bond donors (Lipinski definition) is 1.